The van der Waals surface area contributed by atoms with Crippen molar-refractivity contribution in [1.82, 2.24) is 0 Å². The zero-order valence-electron chi connectivity index (χ0n) is 22.1. The van der Waals surface area contributed by atoms with Crippen molar-refractivity contribution < 1.29 is 40.7 Å². The lowest BCUT2D eigenvalue weighted by atomic mass is 9.83. The third-order valence-corrected chi connectivity index (χ3v) is 5.18. The number of ether oxygens (including phenoxy) is 1. The molecule has 0 unspecified atom stereocenters. The zero-order chi connectivity index (χ0) is 29.9. The summed E-state index contributed by atoms with van der Waals surface area (Å²) in [5, 5.41) is 0. The first kappa shape index (κ1) is 32.5. The molecule has 0 spiro atoms. The molecule has 0 radical (unpaired) electrons. The first-order valence-corrected chi connectivity index (χ1v) is 11.2. The molecule has 0 atom stereocenters. The fourth-order valence-corrected chi connectivity index (χ4v) is 3.38. The number of esters is 1. The van der Waals surface area contributed by atoms with Crippen LogP contribution in [0.2, 0.25) is 0 Å². The summed E-state index contributed by atoms with van der Waals surface area (Å²) in [6.07, 6.45) is -9.01. The summed E-state index contributed by atoms with van der Waals surface area (Å²) in [6, 6.07) is 6.13. The quantitative estimate of drug-likeness (QED) is 0.201. The van der Waals surface area contributed by atoms with Crippen LogP contribution in [0.3, 0.4) is 0 Å². The molecular formula is C26H31F6N3O3. The molecule has 0 saturated carbocycles. The number of aliphatic imine (C=N–C) groups is 1. The number of amides is 1. The summed E-state index contributed by atoms with van der Waals surface area (Å²) in [6.45, 7) is 10.8. The number of carbonyl (C=O) groups is 2. The van der Waals surface area contributed by atoms with Gasteiger partial charge >= 0.3 is 18.3 Å². The van der Waals surface area contributed by atoms with Gasteiger partial charge in [0, 0.05) is 5.56 Å². The average molecular weight is 548 g/mol. The van der Waals surface area contributed by atoms with Crippen LogP contribution in [0.5, 0.6) is 0 Å². The van der Waals surface area contributed by atoms with Crippen molar-refractivity contribution in [2.75, 3.05) is 7.11 Å². The van der Waals surface area contributed by atoms with Gasteiger partial charge in [-0.3, -0.25) is 4.79 Å². The number of alkyl halides is 6. The van der Waals surface area contributed by atoms with E-state index in [-0.39, 0.29) is 11.1 Å². The fraction of sp³-hybridized carbons (Fsp3) is 0.423. The van der Waals surface area contributed by atoms with Crippen LogP contribution in [0, 0.1) is 0 Å². The number of halogens is 6. The van der Waals surface area contributed by atoms with Gasteiger partial charge in [-0.1, -0.05) is 53.7 Å². The minimum absolute atomic E-state index is 0.0418. The van der Waals surface area contributed by atoms with Gasteiger partial charge in [0.05, 0.1) is 23.8 Å². The first-order chi connectivity index (χ1) is 17.0. The maximum atomic E-state index is 12.7. The number of hydrogen-bond acceptors (Lipinski definition) is 3. The number of methoxy groups -OCH3 is 1. The Bertz CT molecular complexity index is 1200. The Balaban J connectivity index is 0.000000382. The van der Waals surface area contributed by atoms with E-state index in [1.54, 1.807) is 20.8 Å². The maximum Gasteiger partial charge on any atom is 0.416 e. The SMILES string of the molecule is CC(C)(C)c1ccc(C(F)(F)F)cc1C(=O)N=C(N)N.COC(=O)c1cc(C(F)(F)F)ccc1C(C)(C)C. The van der Waals surface area contributed by atoms with Gasteiger partial charge in [0.2, 0.25) is 0 Å². The van der Waals surface area contributed by atoms with E-state index in [1.165, 1.54) is 12.1 Å². The molecule has 0 saturated heterocycles. The van der Waals surface area contributed by atoms with Gasteiger partial charge < -0.3 is 16.2 Å². The molecule has 4 N–H and O–H groups in total. The van der Waals surface area contributed by atoms with Crippen molar-refractivity contribution in [2.24, 2.45) is 16.5 Å². The number of benzene rings is 2. The standard InChI is InChI=1S/C13H16F3N3O.C13H15F3O2/c1-12(2,3)9-5-4-7(13(14,15)16)6-8(9)10(20)19-11(17)18;1-12(2,3)10-6-5-8(13(14,15)16)7-9(10)11(17)18-4/h4-6H,1-3H3,(H4,17,18,19,20);5-7H,1-4H3. The van der Waals surface area contributed by atoms with Crippen LogP contribution >= 0.6 is 0 Å². The number of guanidine groups is 1. The van der Waals surface area contributed by atoms with E-state index < -0.39 is 52.1 Å². The van der Waals surface area contributed by atoms with Crippen molar-refractivity contribution in [3.8, 4) is 0 Å². The summed E-state index contributed by atoms with van der Waals surface area (Å²) in [5.74, 6) is -2.14. The van der Waals surface area contributed by atoms with E-state index in [4.69, 9.17) is 11.5 Å². The molecule has 0 aliphatic rings. The highest BCUT2D eigenvalue weighted by molar-refractivity contribution is 6.03. The fourth-order valence-electron chi connectivity index (χ4n) is 3.38. The van der Waals surface area contributed by atoms with E-state index in [1.807, 2.05) is 20.8 Å². The third-order valence-electron chi connectivity index (χ3n) is 5.18. The molecule has 0 heterocycles. The molecule has 0 bridgehead atoms. The number of carbonyl (C=O) groups excluding carboxylic acids is 2. The Morgan fingerprint density at radius 1 is 0.711 bits per heavy atom. The molecule has 210 valence electrons. The Hall–Kier alpha value is -3.57. The van der Waals surface area contributed by atoms with Crippen molar-refractivity contribution in [2.45, 2.75) is 64.7 Å². The van der Waals surface area contributed by atoms with Crippen LogP contribution in [-0.2, 0) is 27.9 Å². The smallest absolute Gasteiger partial charge is 0.416 e. The number of nitrogens with two attached hydrogens (primary N) is 2. The monoisotopic (exact) mass is 547 g/mol. The molecule has 0 aliphatic heterocycles. The molecule has 2 rings (SSSR count). The topological polar surface area (TPSA) is 108 Å². The Kier molecular flexibility index (Phi) is 9.77. The minimum Gasteiger partial charge on any atom is -0.465 e. The largest absolute Gasteiger partial charge is 0.465 e. The van der Waals surface area contributed by atoms with E-state index in [0.717, 1.165) is 31.4 Å². The third kappa shape index (κ3) is 8.77. The van der Waals surface area contributed by atoms with Gasteiger partial charge in [0.1, 0.15) is 0 Å². The molecule has 2 aromatic rings. The highest BCUT2D eigenvalue weighted by Crippen LogP contribution is 2.35. The molecule has 0 fully saturated rings. The molecule has 12 heteroatoms. The predicted molar refractivity (Wildman–Crippen MR) is 132 cm³/mol. The maximum absolute atomic E-state index is 12.7. The molecule has 2 aromatic carbocycles. The minimum atomic E-state index is -4.54. The predicted octanol–water partition coefficient (Wildman–Crippen LogP) is 6.21. The van der Waals surface area contributed by atoms with E-state index >= 15 is 0 Å². The van der Waals surface area contributed by atoms with E-state index in [9.17, 15) is 35.9 Å². The summed E-state index contributed by atoms with van der Waals surface area (Å²) in [7, 11) is 1.15. The molecular weight excluding hydrogens is 516 g/mol. The van der Waals surface area contributed by atoms with Crippen molar-refractivity contribution >= 4 is 17.8 Å². The highest BCUT2D eigenvalue weighted by atomic mass is 19.4. The van der Waals surface area contributed by atoms with Crippen molar-refractivity contribution in [1.29, 1.82) is 0 Å². The van der Waals surface area contributed by atoms with Crippen LogP contribution in [-0.4, -0.2) is 24.9 Å². The van der Waals surface area contributed by atoms with Gasteiger partial charge in [0.15, 0.2) is 5.96 Å². The molecule has 38 heavy (non-hydrogen) atoms. The van der Waals surface area contributed by atoms with Crippen molar-refractivity contribution in [3.05, 3.63) is 69.8 Å². The van der Waals surface area contributed by atoms with Crippen molar-refractivity contribution in [3.63, 3.8) is 0 Å². The lowest BCUT2D eigenvalue weighted by Gasteiger charge is -2.23. The second kappa shape index (κ2) is 11.4. The number of hydrogen-bond donors (Lipinski definition) is 2. The lowest BCUT2D eigenvalue weighted by Crippen LogP contribution is -2.25. The van der Waals surface area contributed by atoms with Crippen LogP contribution in [0.15, 0.2) is 41.4 Å². The van der Waals surface area contributed by atoms with Crippen LogP contribution in [0.4, 0.5) is 26.3 Å². The van der Waals surface area contributed by atoms with Crippen LogP contribution < -0.4 is 11.5 Å². The average Bonchev–Trinajstić information content (AvgIpc) is 2.75. The van der Waals surface area contributed by atoms with E-state index in [2.05, 4.69) is 9.73 Å². The second-order valence-corrected chi connectivity index (χ2v) is 10.3. The van der Waals surface area contributed by atoms with E-state index in [0.29, 0.717) is 11.1 Å². The Morgan fingerprint density at radius 3 is 1.39 bits per heavy atom. The molecule has 0 aromatic heterocycles. The lowest BCUT2D eigenvalue weighted by molar-refractivity contribution is -0.138. The van der Waals surface area contributed by atoms with Gasteiger partial charge in [0.25, 0.3) is 5.91 Å². The molecule has 1 amide bonds. The summed E-state index contributed by atoms with van der Waals surface area (Å²) in [5.41, 5.74) is 8.25. The molecule has 6 nitrogen and oxygen atoms in total. The summed E-state index contributed by atoms with van der Waals surface area (Å²) >= 11 is 0. The van der Waals surface area contributed by atoms with Gasteiger partial charge in [-0.25, -0.2) is 4.79 Å². The molecule has 0 aliphatic carbocycles. The normalized spacial score (nSPS) is 12.2. The highest BCUT2D eigenvalue weighted by Gasteiger charge is 2.34. The van der Waals surface area contributed by atoms with Gasteiger partial charge in [-0.2, -0.15) is 31.3 Å². The number of rotatable bonds is 2. The second-order valence-electron chi connectivity index (χ2n) is 10.3. The van der Waals surface area contributed by atoms with Crippen LogP contribution in [0.25, 0.3) is 0 Å². The summed E-state index contributed by atoms with van der Waals surface area (Å²) < 4.78 is 80.5. The Morgan fingerprint density at radius 2 is 1.08 bits per heavy atom. The van der Waals surface area contributed by atoms with Gasteiger partial charge in [-0.05, 0) is 46.2 Å². The first-order valence-electron chi connectivity index (χ1n) is 11.2. The zero-order valence-corrected chi connectivity index (χ0v) is 22.1. The Labute approximate surface area is 217 Å². The summed E-state index contributed by atoms with van der Waals surface area (Å²) in [4.78, 5) is 26.8. The number of nitrogens with zero attached hydrogens (tertiary/aromatic N) is 1. The van der Waals surface area contributed by atoms with Gasteiger partial charge in [-0.15, -0.1) is 0 Å². The van der Waals surface area contributed by atoms with Crippen LogP contribution in [0.1, 0.15) is 84.5 Å².